The van der Waals surface area contributed by atoms with E-state index < -0.39 is 0 Å². The molecule has 120 valence electrons. The van der Waals surface area contributed by atoms with E-state index in [0.717, 1.165) is 23.7 Å². The Bertz CT molecular complexity index is 745. The minimum atomic E-state index is 0.919. The van der Waals surface area contributed by atoms with Gasteiger partial charge in [0.15, 0.2) is 0 Å². The van der Waals surface area contributed by atoms with Crippen molar-refractivity contribution in [1.29, 1.82) is 0 Å². The Balaban J connectivity index is 1.42. The third-order valence-electron chi connectivity index (χ3n) is 8.17. The molecule has 0 saturated heterocycles. The fraction of sp³-hybridized carbons (Fsp3) is 0.500. The number of aryl methyl sites for hydroxylation is 4. The van der Waals surface area contributed by atoms with Gasteiger partial charge in [0.05, 0.1) is 0 Å². The van der Waals surface area contributed by atoms with Crippen LogP contribution in [0.2, 0.25) is 0 Å². The number of hydrogen-bond acceptors (Lipinski definition) is 0. The lowest BCUT2D eigenvalue weighted by molar-refractivity contribution is 0.402. The van der Waals surface area contributed by atoms with Crippen molar-refractivity contribution in [2.45, 2.75) is 75.0 Å². The molecule has 2 saturated carbocycles. The van der Waals surface area contributed by atoms with Gasteiger partial charge in [-0.25, -0.2) is 0 Å². The van der Waals surface area contributed by atoms with Gasteiger partial charge in [0, 0.05) is 0 Å². The quantitative estimate of drug-likeness (QED) is 0.601. The molecule has 0 heterocycles. The molecule has 0 amide bonds. The highest BCUT2D eigenvalue weighted by Crippen LogP contribution is 2.61. The van der Waals surface area contributed by atoms with Crippen LogP contribution in [0.5, 0.6) is 0 Å². The summed E-state index contributed by atoms with van der Waals surface area (Å²) in [6.07, 6.45) is 10.9. The minimum absolute atomic E-state index is 0.919. The lowest BCUT2D eigenvalue weighted by atomic mass is 9.80. The third-order valence-corrected chi connectivity index (χ3v) is 8.17. The standard InChI is InChI=1S/C24H24/c1-2-14-7-8-16-4-3-15(23-19-11-20(12-19)24(16)23)6-5-13(1)21-17-9-18(10-17)22(14)21/h1-4,17-20H,5-12H2. The molecule has 0 unspecified atom stereocenters. The maximum Gasteiger partial charge on any atom is -0.0145 e. The molecule has 0 atom stereocenters. The zero-order valence-corrected chi connectivity index (χ0v) is 14.3. The zero-order valence-electron chi connectivity index (χ0n) is 14.3. The van der Waals surface area contributed by atoms with Crippen LogP contribution in [0.25, 0.3) is 0 Å². The van der Waals surface area contributed by atoms with E-state index in [1.807, 2.05) is 22.3 Å². The molecule has 8 aliphatic carbocycles. The molecular weight excluding hydrogens is 288 g/mol. The molecule has 0 aromatic heterocycles. The Morgan fingerprint density at radius 2 is 0.667 bits per heavy atom. The first-order valence-electron chi connectivity index (χ1n) is 10.2. The third kappa shape index (κ3) is 1.39. The van der Waals surface area contributed by atoms with Gasteiger partial charge in [-0.1, -0.05) is 24.3 Å². The molecule has 0 nitrogen and oxygen atoms in total. The van der Waals surface area contributed by atoms with E-state index >= 15 is 0 Å². The van der Waals surface area contributed by atoms with Crippen molar-refractivity contribution in [3.05, 3.63) is 68.8 Å². The number of benzene rings is 2. The first kappa shape index (κ1) is 12.8. The molecule has 0 N–H and O–H groups in total. The molecule has 2 aromatic rings. The highest BCUT2D eigenvalue weighted by Gasteiger charge is 2.46. The monoisotopic (exact) mass is 312 g/mol. The Labute approximate surface area is 144 Å². The van der Waals surface area contributed by atoms with E-state index in [4.69, 9.17) is 0 Å². The summed E-state index contributed by atoms with van der Waals surface area (Å²) in [6.45, 7) is 0. The van der Waals surface area contributed by atoms with Crippen LogP contribution in [-0.4, -0.2) is 0 Å². The molecule has 0 spiro atoms. The molecule has 10 rings (SSSR count). The van der Waals surface area contributed by atoms with Gasteiger partial charge in [-0.05, 0) is 120 Å². The predicted molar refractivity (Wildman–Crippen MR) is 97.1 cm³/mol. The Kier molecular flexibility index (Phi) is 2.21. The SMILES string of the molecule is c1cc2c3c(c1CCc1ccc(c4c1C1CC4C1)CC2)C1CC3C1. The van der Waals surface area contributed by atoms with Crippen molar-refractivity contribution in [3.63, 3.8) is 0 Å². The van der Waals surface area contributed by atoms with Crippen LogP contribution in [0.4, 0.5) is 0 Å². The average Bonchev–Trinajstić information content (AvgIpc) is 3.21. The van der Waals surface area contributed by atoms with Crippen LogP contribution < -0.4 is 0 Å². The Morgan fingerprint density at radius 1 is 0.417 bits per heavy atom. The highest BCUT2D eigenvalue weighted by molar-refractivity contribution is 5.57. The van der Waals surface area contributed by atoms with Gasteiger partial charge in [-0.15, -0.1) is 0 Å². The van der Waals surface area contributed by atoms with Gasteiger partial charge in [0.25, 0.3) is 0 Å². The molecule has 8 bridgehead atoms. The zero-order chi connectivity index (χ0) is 15.4. The van der Waals surface area contributed by atoms with Crippen molar-refractivity contribution >= 4 is 0 Å². The second-order valence-electron chi connectivity index (χ2n) is 9.15. The van der Waals surface area contributed by atoms with Gasteiger partial charge in [0.2, 0.25) is 0 Å². The average molecular weight is 312 g/mol. The molecule has 0 heteroatoms. The molecule has 8 aliphatic rings. The summed E-state index contributed by atoms with van der Waals surface area (Å²) >= 11 is 0. The van der Waals surface area contributed by atoms with E-state index in [1.54, 1.807) is 22.3 Å². The van der Waals surface area contributed by atoms with E-state index in [0.29, 0.717) is 0 Å². The summed E-state index contributed by atoms with van der Waals surface area (Å²) in [5, 5.41) is 0. The summed E-state index contributed by atoms with van der Waals surface area (Å²) in [5.74, 6) is 3.68. The van der Waals surface area contributed by atoms with E-state index in [-0.39, 0.29) is 0 Å². The van der Waals surface area contributed by atoms with E-state index in [1.165, 1.54) is 51.4 Å². The number of fused-ring (bicyclic) bond motifs is 3. The Hall–Kier alpha value is -1.56. The van der Waals surface area contributed by atoms with Crippen molar-refractivity contribution in [1.82, 2.24) is 0 Å². The van der Waals surface area contributed by atoms with Crippen LogP contribution >= 0.6 is 0 Å². The van der Waals surface area contributed by atoms with Crippen molar-refractivity contribution in [3.8, 4) is 0 Å². The molecule has 2 fully saturated rings. The fourth-order valence-electron chi connectivity index (χ4n) is 6.97. The predicted octanol–water partition coefficient (Wildman–Crippen LogP) is 5.52. The molecule has 0 radical (unpaired) electrons. The maximum absolute atomic E-state index is 2.50. The largest absolute Gasteiger partial charge is 0.0585 e. The normalized spacial score (nSPS) is 33.3. The second kappa shape index (κ2) is 4.15. The Morgan fingerprint density at radius 3 is 0.917 bits per heavy atom. The van der Waals surface area contributed by atoms with Gasteiger partial charge in [-0.3, -0.25) is 0 Å². The van der Waals surface area contributed by atoms with Gasteiger partial charge in [-0.2, -0.15) is 0 Å². The molecule has 2 aromatic carbocycles. The van der Waals surface area contributed by atoms with Crippen LogP contribution in [0.3, 0.4) is 0 Å². The second-order valence-corrected chi connectivity index (χ2v) is 9.15. The topological polar surface area (TPSA) is 0 Å². The van der Waals surface area contributed by atoms with E-state index in [2.05, 4.69) is 24.3 Å². The summed E-state index contributed by atoms with van der Waals surface area (Å²) in [5.41, 5.74) is 14.0. The van der Waals surface area contributed by atoms with Crippen LogP contribution in [0.1, 0.15) is 93.9 Å². The van der Waals surface area contributed by atoms with Gasteiger partial charge < -0.3 is 0 Å². The lowest BCUT2D eigenvalue weighted by Crippen LogP contribution is -2.09. The molecular formula is C24H24. The summed E-state index contributed by atoms with van der Waals surface area (Å²) < 4.78 is 0. The van der Waals surface area contributed by atoms with Gasteiger partial charge in [0.1, 0.15) is 0 Å². The number of hydrogen-bond donors (Lipinski definition) is 0. The fourth-order valence-corrected chi connectivity index (χ4v) is 6.97. The van der Waals surface area contributed by atoms with Crippen molar-refractivity contribution in [2.24, 2.45) is 0 Å². The minimum Gasteiger partial charge on any atom is -0.0585 e. The summed E-state index contributed by atoms with van der Waals surface area (Å²) in [7, 11) is 0. The first-order valence-corrected chi connectivity index (χ1v) is 10.2. The van der Waals surface area contributed by atoms with Crippen LogP contribution in [-0.2, 0) is 25.7 Å². The van der Waals surface area contributed by atoms with E-state index in [9.17, 15) is 0 Å². The maximum atomic E-state index is 2.50. The highest BCUT2D eigenvalue weighted by atomic mass is 14.5. The molecule has 24 heavy (non-hydrogen) atoms. The van der Waals surface area contributed by atoms with Gasteiger partial charge >= 0.3 is 0 Å². The van der Waals surface area contributed by atoms with Crippen molar-refractivity contribution in [2.75, 3.05) is 0 Å². The smallest absolute Gasteiger partial charge is 0.0145 e. The molecule has 0 aliphatic heterocycles. The summed E-state index contributed by atoms with van der Waals surface area (Å²) in [4.78, 5) is 0. The van der Waals surface area contributed by atoms with Crippen LogP contribution in [0.15, 0.2) is 24.3 Å². The first-order chi connectivity index (χ1) is 11.9. The lowest BCUT2D eigenvalue weighted by Gasteiger charge is -2.24. The number of rotatable bonds is 0. The van der Waals surface area contributed by atoms with Crippen LogP contribution in [0, 0.1) is 0 Å². The van der Waals surface area contributed by atoms with Crippen molar-refractivity contribution < 1.29 is 0 Å². The summed E-state index contributed by atoms with van der Waals surface area (Å²) in [6, 6.07) is 10.0.